The van der Waals surface area contributed by atoms with E-state index >= 15 is 0 Å². The van der Waals surface area contributed by atoms with Gasteiger partial charge in [-0.05, 0) is 50.4 Å². The van der Waals surface area contributed by atoms with Crippen LogP contribution in [0.1, 0.15) is 37.8 Å². The Kier molecular flexibility index (Phi) is 7.10. The Morgan fingerprint density at radius 1 is 1.52 bits per heavy atom. The molecule has 1 aliphatic heterocycles. The summed E-state index contributed by atoms with van der Waals surface area (Å²) in [5.41, 5.74) is 1.07. The molecular formula is C16H23BrFNO2. The molecule has 0 amide bonds. The Morgan fingerprint density at radius 3 is 3.10 bits per heavy atom. The van der Waals surface area contributed by atoms with E-state index in [1.54, 1.807) is 0 Å². The first-order chi connectivity index (χ1) is 10.2. The number of halogens is 2. The molecule has 3 nitrogen and oxygen atoms in total. The van der Waals surface area contributed by atoms with Crippen LogP contribution in [0.5, 0.6) is 0 Å². The third kappa shape index (κ3) is 5.66. The minimum atomic E-state index is -0.222. The summed E-state index contributed by atoms with van der Waals surface area (Å²) in [6.07, 6.45) is 3.52. The van der Waals surface area contributed by atoms with Crippen molar-refractivity contribution in [3.8, 4) is 0 Å². The minimum Gasteiger partial charge on any atom is -0.379 e. The molecule has 2 atom stereocenters. The first-order valence-corrected chi connectivity index (χ1v) is 8.34. The van der Waals surface area contributed by atoms with Crippen LogP contribution in [0.25, 0.3) is 0 Å². The number of nitrogens with one attached hydrogen (secondary N) is 1. The van der Waals surface area contributed by atoms with Crippen molar-refractivity contribution in [2.24, 2.45) is 0 Å². The fraction of sp³-hybridized carbons (Fsp3) is 0.625. The van der Waals surface area contributed by atoms with Crippen LogP contribution in [0, 0.1) is 5.82 Å². The lowest BCUT2D eigenvalue weighted by Crippen LogP contribution is -2.22. The first kappa shape index (κ1) is 16.9. The zero-order chi connectivity index (χ0) is 15.1. The van der Waals surface area contributed by atoms with Crippen LogP contribution < -0.4 is 5.32 Å². The normalized spacial score (nSPS) is 19.9. The summed E-state index contributed by atoms with van der Waals surface area (Å²) in [5, 5.41) is 3.42. The summed E-state index contributed by atoms with van der Waals surface area (Å²) in [6, 6.07) is 4.98. The van der Waals surface area contributed by atoms with Crippen LogP contribution in [-0.2, 0) is 9.47 Å². The summed E-state index contributed by atoms with van der Waals surface area (Å²) in [5.74, 6) is -0.222. The number of hydrogen-bond acceptors (Lipinski definition) is 3. The van der Waals surface area contributed by atoms with Gasteiger partial charge in [0.15, 0.2) is 0 Å². The Balaban J connectivity index is 1.59. The van der Waals surface area contributed by atoms with Crippen LogP contribution in [0.15, 0.2) is 22.7 Å². The van der Waals surface area contributed by atoms with Gasteiger partial charge in [0.2, 0.25) is 0 Å². The zero-order valence-electron chi connectivity index (χ0n) is 12.4. The standard InChI is InChI=1S/C16H23BrFNO2/c1-12(15-6-5-13(18)10-16(15)17)19-7-3-8-20-11-14-4-2-9-21-14/h5-6,10,12,14,19H,2-4,7-9,11H2,1H3. The van der Waals surface area contributed by atoms with E-state index in [1.807, 2.05) is 6.07 Å². The summed E-state index contributed by atoms with van der Waals surface area (Å²) in [6.45, 7) is 5.27. The first-order valence-electron chi connectivity index (χ1n) is 7.54. The van der Waals surface area contributed by atoms with Crippen LogP contribution in [0.3, 0.4) is 0 Å². The summed E-state index contributed by atoms with van der Waals surface area (Å²) < 4.78 is 25.0. The van der Waals surface area contributed by atoms with E-state index in [-0.39, 0.29) is 11.9 Å². The smallest absolute Gasteiger partial charge is 0.124 e. The Hall–Kier alpha value is -0.490. The molecule has 1 fully saturated rings. The van der Waals surface area contributed by atoms with Crippen LogP contribution in [0.4, 0.5) is 4.39 Å². The second kappa shape index (κ2) is 8.83. The largest absolute Gasteiger partial charge is 0.379 e. The molecule has 2 rings (SSSR count). The highest BCUT2D eigenvalue weighted by Gasteiger charge is 2.15. The molecule has 0 aliphatic carbocycles. The molecule has 21 heavy (non-hydrogen) atoms. The predicted octanol–water partition coefficient (Wildman–Crippen LogP) is 3.82. The quantitative estimate of drug-likeness (QED) is 0.715. The number of ether oxygens (including phenoxy) is 2. The van der Waals surface area contributed by atoms with Gasteiger partial charge in [-0.3, -0.25) is 0 Å². The molecule has 0 spiro atoms. The molecule has 2 unspecified atom stereocenters. The Morgan fingerprint density at radius 2 is 2.38 bits per heavy atom. The second-order valence-corrected chi connectivity index (χ2v) is 6.26. The number of rotatable bonds is 8. The molecule has 118 valence electrons. The van der Waals surface area contributed by atoms with Crippen LogP contribution in [0.2, 0.25) is 0 Å². The molecule has 0 aromatic heterocycles. The van der Waals surface area contributed by atoms with E-state index in [0.29, 0.717) is 12.7 Å². The van der Waals surface area contributed by atoms with Crippen LogP contribution in [-0.4, -0.2) is 32.5 Å². The predicted molar refractivity (Wildman–Crippen MR) is 84.9 cm³/mol. The highest BCUT2D eigenvalue weighted by Crippen LogP contribution is 2.24. The van der Waals surface area contributed by atoms with Crippen molar-refractivity contribution in [2.45, 2.75) is 38.3 Å². The Bertz CT molecular complexity index is 438. The third-order valence-corrected chi connectivity index (χ3v) is 4.36. The number of benzene rings is 1. The van der Waals surface area contributed by atoms with E-state index in [4.69, 9.17) is 9.47 Å². The maximum Gasteiger partial charge on any atom is 0.124 e. The zero-order valence-corrected chi connectivity index (χ0v) is 14.0. The van der Waals surface area contributed by atoms with Crippen molar-refractivity contribution < 1.29 is 13.9 Å². The highest BCUT2D eigenvalue weighted by molar-refractivity contribution is 9.10. The highest BCUT2D eigenvalue weighted by atomic mass is 79.9. The second-order valence-electron chi connectivity index (χ2n) is 5.41. The van der Waals surface area contributed by atoms with Gasteiger partial charge < -0.3 is 14.8 Å². The van der Waals surface area contributed by atoms with Crippen molar-refractivity contribution in [3.05, 3.63) is 34.1 Å². The molecule has 5 heteroatoms. The summed E-state index contributed by atoms with van der Waals surface area (Å²) in [7, 11) is 0. The van der Waals surface area contributed by atoms with E-state index < -0.39 is 0 Å². The maximum atomic E-state index is 13.1. The molecule has 0 bridgehead atoms. The average Bonchev–Trinajstić information content (AvgIpc) is 2.95. The molecule has 0 saturated carbocycles. The van der Waals surface area contributed by atoms with Gasteiger partial charge in [-0.25, -0.2) is 4.39 Å². The fourth-order valence-electron chi connectivity index (χ4n) is 2.45. The van der Waals surface area contributed by atoms with Crippen LogP contribution >= 0.6 is 15.9 Å². The monoisotopic (exact) mass is 359 g/mol. The van der Waals surface area contributed by atoms with Gasteiger partial charge in [-0.2, -0.15) is 0 Å². The lowest BCUT2D eigenvalue weighted by molar-refractivity contribution is 0.0165. The molecular weight excluding hydrogens is 337 g/mol. The van der Waals surface area contributed by atoms with Crippen molar-refractivity contribution in [1.82, 2.24) is 5.32 Å². The van der Waals surface area contributed by atoms with Crippen molar-refractivity contribution in [2.75, 3.05) is 26.4 Å². The molecule has 0 radical (unpaired) electrons. The lowest BCUT2D eigenvalue weighted by atomic mass is 10.1. The lowest BCUT2D eigenvalue weighted by Gasteiger charge is -2.16. The topological polar surface area (TPSA) is 30.5 Å². The van der Waals surface area contributed by atoms with Crippen molar-refractivity contribution in [1.29, 1.82) is 0 Å². The van der Waals surface area contributed by atoms with Gasteiger partial charge in [-0.1, -0.05) is 22.0 Å². The SMILES string of the molecule is CC(NCCCOCC1CCCO1)c1ccc(F)cc1Br. The summed E-state index contributed by atoms with van der Waals surface area (Å²) >= 11 is 3.40. The van der Waals surface area contributed by atoms with Crippen molar-refractivity contribution >= 4 is 15.9 Å². The molecule has 1 aromatic rings. The Labute approximate surface area is 134 Å². The van der Waals surface area contributed by atoms with E-state index in [0.717, 1.165) is 49.1 Å². The fourth-order valence-corrected chi connectivity index (χ4v) is 3.14. The molecule has 1 aliphatic rings. The molecule has 1 N–H and O–H groups in total. The number of hydrogen-bond donors (Lipinski definition) is 1. The maximum absolute atomic E-state index is 13.1. The van der Waals surface area contributed by atoms with Gasteiger partial charge in [0, 0.05) is 23.7 Å². The van der Waals surface area contributed by atoms with Gasteiger partial charge >= 0.3 is 0 Å². The molecule has 1 aromatic carbocycles. The summed E-state index contributed by atoms with van der Waals surface area (Å²) in [4.78, 5) is 0. The molecule has 1 heterocycles. The molecule has 1 saturated heterocycles. The van der Waals surface area contributed by atoms with Gasteiger partial charge in [0.25, 0.3) is 0 Å². The minimum absolute atomic E-state index is 0.179. The average molecular weight is 360 g/mol. The van der Waals surface area contributed by atoms with E-state index in [9.17, 15) is 4.39 Å². The van der Waals surface area contributed by atoms with Gasteiger partial charge in [0.1, 0.15) is 5.82 Å². The van der Waals surface area contributed by atoms with Gasteiger partial charge in [0.05, 0.1) is 12.7 Å². The van der Waals surface area contributed by atoms with Crippen molar-refractivity contribution in [3.63, 3.8) is 0 Å². The van der Waals surface area contributed by atoms with Gasteiger partial charge in [-0.15, -0.1) is 0 Å². The van der Waals surface area contributed by atoms with E-state index in [1.165, 1.54) is 12.1 Å². The third-order valence-electron chi connectivity index (χ3n) is 3.67. The van der Waals surface area contributed by atoms with E-state index in [2.05, 4.69) is 28.2 Å².